The third-order valence-corrected chi connectivity index (χ3v) is 7.54. The number of anilines is 1. The normalized spacial score (nSPS) is 17.9. The molecule has 7 heteroatoms. The smallest absolute Gasteiger partial charge is 0.321 e. The number of amides is 3. The number of nitrogens with one attached hydrogen (secondary N) is 1. The molecule has 2 saturated heterocycles. The van der Waals surface area contributed by atoms with Gasteiger partial charge in [0.2, 0.25) is 0 Å². The van der Waals surface area contributed by atoms with Crippen LogP contribution in [0.5, 0.6) is 0 Å². The first kappa shape index (κ1) is 20.7. The molecule has 0 atom stereocenters. The number of hydrogen-bond donors (Lipinski definition) is 1. The fraction of sp³-hybridized carbons (Fsp3) is 0.391. The van der Waals surface area contributed by atoms with Gasteiger partial charge in [0.15, 0.2) is 0 Å². The van der Waals surface area contributed by atoms with Crippen molar-refractivity contribution in [3.05, 3.63) is 65.5 Å². The minimum Gasteiger partial charge on any atom is -0.324 e. The van der Waals surface area contributed by atoms with Gasteiger partial charge >= 0.3 is 6.03 Å². The van der Waals surface area contributed by atoms with Crippen molar-refractivity contribution in [1.29, 1.82) is 0 Å². The molecule has 30 heavy (non-hydrogen) atoms. The van der Waals surface area contributed by atoms with E-state index < -0.39 is 0 Å². The topological polar surface area (TPSA) is 52.7 Å². The third kappa shape index (κ3) is 4.03. The van der Waals surface area contributed by atoms with Crippen molar-refractivity contribution in [2.75, 3.05) is 30.7 Å². The molecule has 2 fully saturated rings. The Balaban J connectivity index is 1.41. The van der Waals surface area contributed by atoms with E-state index in [4.69, 9.17) is 0 Å². The van der Waals surface area contributed by atoms with Crippen molar-refractivity contribution >= 4 is 29.4 Å². The zero-order valence-corrected chi connectivity index (χ0v) is 17.9. The lowest BCUT2D eigenvalue weighted by Gasteiger charge is -2.44. The fourth-order valence-electron chi connectivity index (χ4n) is 4.26. The Hall–Kier alpha value is -2.54. The van der Waals surface area contributed by atoms with Crippen LogP contribution in [0.4, 0.5) is 14.9 Å². The van der Waals surface area contributed by atoms with Gasteiger partial charge in [0, 0.05) is 36.6 Å². The van der Waals surface area contributed by atoms with Crippen molar-refractivity contribution in [2.45, 2.75) is 31.1 Å². The molecular formula is C23H26FN3O2S. The predicted molar refractivity (Wildman–Crippen MR) is 118 cm³/mol. The molecule has 0 saturated carbocycles. The van der Waals surface area contributed by atoms with E-state index in [0.717, 1.165) is 36.3 Å². The number of urea groups is 1. The van der Waals surface area contributed by atoms with E-state index in [0.29, 0.717) is 25.2 Å². The Labute approximate surface area is 180 Å². The summed E-state index contributed by atoms with van der Waals surface area (Å²) in [5, 5.41) is 3.04. The number of hydrogen-bond acceptors (Lipinski definition) is 3. The summed E-state index contributed by atoms with van der Waals surface area (Å²) in [6, 6.07) is 13.5. The van der Waals surface area contributed by atoms with Crippen LogP contribution >= 0.6 is 11.8 Å². The Morgan fingerprint density at radius 1 is 1.07 bits per heavy atom. The highest BCUT2D eigenvalue weighted by Crippen LogP contribution is 2.44. The Kier molecular flexibility index (Phi) is 5.99. The summed E-state index contributed by atoms with van der Waals surface area (Å²) in [6.45, 7) is 3.94. The lowest BCUT2D eigenvalue weighted by Crippen LogP contribution is -2.54. The molecule has 1 spiro atoms. The summed E-state index contributed by atoms with van der Waals surface area (Å²) in [4.78, 5) is 29.3. The number of nitrogens with zero attached hydrogens (tertiary/aromatic N) is 2. The van der Waals surface area contributed by atoms with Crippen LogP contribution in [0.25, 0.3) is 0 Å². The summed E-state index contributed by atoms with van der Waals surface area (Å²) in [6.07, 6.45) is 2.32. The summed E-state index contributed by atoms with van der Waals surface area (Å²) >= 11 is 1.80. The van der Waals surface area contributed by atoms with Crippen LogP contribution in [0.1, 0.15) is 35.7 Å². The first-order valence-corrected chi connectivity index (χ1v) is 11.4. The van der Waals surface area contributed by atoms with Gasteiger partial charge in [0.1, 0.15) is 5.82 Å². The van der Waals surface area contributed by atoms with Crippen LogP contribution in [0.3, 0.4) is 0 Å². The Bertz CT molecular complexity index is 926. The van der Waals surface area contributed by atoms with Gasteiger partial charge < -0.3 is 15.1 Å². The van der Waals surface area contributed by atoms with E-state index in [9.17, 15) is 14.0 Å². The highest BCUT2D eigenvalue weighted by Gasteiger charge is 2.47. The van der Waals surface area contributed by atoms with Crippen LogP contribution in [-0.4, -0.2) is 52.0 Å². The van der Waals surface area contributed by atoms with Crippen LogP contribution in [-0.2, 0) is 6.42 Å². The largest absolute Gasteiger partial charge is 0.324 e. The SMILES string of the molecule is CCc1ccccc1NC(=O)N1CCC2(CC1)SCCN2C(=O)c1ccc(F)cc1. The van der Waals surface area contributed by atoms with Gasteiger partial charge in [0.05, 0.1) is 4.87 Å². The van der Waals surface area contributed by atoms with Crippen molar-refractivity contribution in [3.8, 4) is 0 Å². The molecule has 1 N–H and O–H groups in total. The Morgan fingerprint density at radius 2 is 1.77 bits per heavy atom. The number of halogens is 1. The van der Waals surface area contributed by atoms with Crippen molar-refractivity contribution in [1.82, 2.24) is 9.80 Å². The number of likely N-dealkylation sites (tertiary alicyclic amines) is 1. The number of para-hydroxylation sites is 1. The molecule has 2 heterocycles. The van der Waals surface area contributed by atoms with Crippen LogP contribution in [0.2, 0.25) is 0 Å². The number of piperidine rings is 1. The average Bonchev–Trinajstić information content (AvgIpc) is 3.17. The first-order chi connectivity index (χ1) is 14.5. The molecule has 0 bridgehead atoms. The van der Waals surface area contributed by atoms with Crippen LogP contribution in [0, 0.1) is 5.82 Å². The van der Waals surface area contributed by atoms with E-state index >= 15 is 0 Å². The zero-order chi connectivity index (χ0) is 21.1. The van der Waals surface area contributed by atoms with E-state index in [1.54, 1.807) is 23.9 Å². The fourth-order valence-corrected chi connectivity index (χ4v) is 5.72. The second kappa shape index (κ2) is 8.68. The number of aryl methyl sites for hydroxylation is 1. The van der Waals surface area contributed by atoms with E-state index in [-0.39, 0.29) is 22.6 Å². The quantitative estimate of drug-likeness (QED) is 0.779. The minimum absolute atomic E-state index is 0.0604. The molecule has 2 aliphatic rings. The number of carbonyl (C=O) groups is 2. The highest BCUT2D eigenvalue weighted by molar-refractivity contribution is 8.00. The van der Waals surface area contributed by atoms with E-state index in [1.807, 2.05) is 34.1 Å². The highest BCUT2D eigenvalue weighted by atomic mass is 32.2. The molecule has 158 valence electrons. The first-order valence-electron chi connectivity index (χ1n) is 10.4. The molecule has 2 aromatic carbocycles. The van der Waals surface area contributed by atoms with Gasteiger partial charge in [-0.15, -0.1) is 11.8 Å². The monoisotopic (exact) mass is 427 g/mol. The third-order valence-electron chi connectivity index (χ3n) is 5.99. The van der Waals surface area contributed by atoms with E-state index in [1.165, 1.54) is 12.1 Å². The van der Waals surface area contributed by atoms with Crippen molar-refractivity contribution < 1.29 is 14.0 Å². The maximum atomic E-state index is 13.2. The zero-order valence-electron chi connectivity index (χ0n) is 17.1. The molecule has 0 unspecified atom stereocenters. The molecular weight excluding hydrogens is 401 g/mol. The molecule has 4 rings (SSSR count). The van der Waals surface area contributed by atoms with Gasteiger partial charge in [-0.05, 0) is 55.2 Å². The van der Waals surface area contributed by atoms with E-state index in [2.05, 4.69) is 12.2 Å². The standard InChI is InChI=1S/C23H26FN3O2S/c1-2-17-5-3-4-6-20(17)25-22(29)26-13-11-23(12-14-26)27(15-16-30-23)21(28)18-7-9-19(24)10-8-18/h3-10H,2,11-16H2,1H3,(H,25,29). The summed E-state index contributed by atoms with van der Waals surface area (Å²) < 4.78 is 13.2. The maximum absolute atomic E-state index is 13.2. The van der Waals surface area contributed by atoms with Gasteiger partial charge in [0.25, 0.3) is 5.91 Å². The number of carbonyl (C=O) groups excluding carboxylic acids is 2. The molecule has 0 aliphatic carbocycles. The molecule has 0 aromatic heterocycles. The van der Waals surface area contributed by atoms with Crippen LogP contribution in [0.15, 0.2) is 48.5 Å². The van der Waals surface area contributed by atoms with Gasteiger partial charge in [-0.2, -0.15) is 0 Å². The summed E-state index contributed by atoms with van der Waals surface area (Å²) in [5.74, 6) is 0.471. The maximum Gasteiger partial charge on any atom is 0.321 e. The van der Waals surface area contributed by atoms with Gasteiger partial charge in [-0.3, -0.25) is 4.79 Å². The number of rotatable bonds is 3. The number of benzene rings is 2. The second-order valence-corrected chi connectivity index (χ2v) is 9.14. The molecule has 2 aromatic rings. The predicted octanol–water partition coefficient (Wildman–Crippen LogP) is 4.60. The molecule has 5 nitrogen and oxygen atoms in total. The molecule has 2 aliphatic heterocycles. The lowest BCUT2D eigenvalue weighted by atomic mass is 10.0. The van der Waals surface area contributed by atoms with Gasteiger partial charge in [-0.1, -0.05) is 25.1 Å². The Morgan fingerprint density at radius 3 is 2.47 bits per heavy atom. The minimum atomic E-state index is -0.346. The van der Waals surface area contributed by atoms with Crippen molar-refractivity contribution in [2.24, 2.45) is 0 Å². The van der Waals surface area contributed by atoms with Gasteiger partial charge in [-0.25, -0.2) is 9.18 Å². The molecule has 3 amide bonds. The lowest BCUT2D eigenvalue weighted by molar-refractivity contribution is 0.0585. The average molecular weight is 428 g/mol. The van der Waals surface area contributed by atoms with Crippen molar-refractivity contribution in [3.63, 3.8) is 0 Å². The number of thioether (sulfide) groups is 1. The van der Waals surface area contributed by atoms with Crippen LogP contribution < -0.4 is 5.32 Å². The summed E-state index contributed by atoms with van der Waals surface area (Å²) in [5.41, 5.74) is 2.48. The summed E-state index contributed by atoms with van der Waals surface area (Å²) in [7, 11) is 0. The molecule has 0 radical (unpaired) electrons. The second-order valence-electron chi connectivity index (χ2n) is 7.69.